The molecule has 0 spiro atoms. The Morgan fingerprint density at radius 1 is 1.03 bits per heavy atom. The minimum Gasteiger partial charge on any atom is -0.497 e. The monoisotopic (exact) mass is 435 g/mol. The van der Waals surface area contributed by atoms with Gasteiger partial charge in [0.15, 0.2) is 12.4 Å². The number of morpholine rings is 1. The number of esters is 1. The summed E-state index contributed by atoms with van der Waals surface area (Å²) in [6.07, 6.45) is -2.13. The SMILES string of the molecule is COC(=O)[C@@H]1O[C@@H](OC)CN(S(=O)(=O)c2ccc(C)cc2)[C@@H]1c1ccc(OC)cc1. The van der Waals surface area contributed by atoms with E-state index in [9.17, 15) is 13.2 Å². The van der Waals surface area contributed by atoms with Crippen molar-refractivity contribution in [2.75, 3.05) is 27.9 Å². The van der Waals surface area contributed by atoms with E-state index in [1.54, 1.807) is 48.5 Å². The van der Waals surface area contributed by atoms with Crippen molar-refractivity contribution >= 4 is 16.0 Å². The molecule has 9 heteroatoms. The molecule has 0 N–H and O–H groups in total. The highest BCUT2D eigenvalue weighted by Gasteiger charge is 2.48. The van der Waals surface area contributed by atoms with E-state index < -0.39 is 34.4 Å². The number of hydrogen-bond donors (Lipinski definition) is 0. The molecule has 0 aliphatic carbocycles. The van der Waals surface area contributed by atoms with Crippen LogP contribution in [0.4, 0.5) is 0 Å². The van der Waals surface area contributed by atoms with Crippen LogP contribution in [0.25, 0.3) is 0 Å². The molecule has 0 saturated carbocycles. The van der Waals surface area contributed by atoms with Gasteiger partial charge in [-0.2, -0.15) is 4.31 Å². The third-order valence-electron chi connectivity index (χ3n) is 5.01. The first-order chi connectivity index (χ1) is 14.3. The van der Waals surface area contributed by atoms with Gasteiger partial charge in [-0.15, -0.1) is 0 Å². The predicted molar refractivity (Wildman–Crippen MR) is 108 cm³/mol. The van der Waals surface area contributed by atoms with E-state index in [0.29, 0.717) is 11.3 Å². The fourth-order valence-corrected chi connectivity index (χ4v) is 4.96. The Morgan fingerprint density at radius 3 is 2.20 bits per heavy atom. The van der Waals surface area contributed by atoms with Crippen molar-refractivity contribution in [1.82, 2.24) is 4.31 Å². The van der Waals surface area contributed by atoms with Crippen molar-refractivity contribution in [1.29, 1.82) is 0 Å². The van der Waals surface area contributed by atoms with E-state index in [1.807, 2.05) is 6.92 Å². The summed E-state index contributed by atoms with van der Waals surface area (Å²) in [7, 11) is 0.180. The van der Waals surface area contributed by atoms with Crippen molar-refractivity contribution in [2.24, 2.45) is 0 Å². The van der Waals surface area contributed by atoms with Crippen molar-refractivity contribution in [3.05, 3.63) is 59.7 Å². The van der Waals surface area contributed by atoms with Crippen LogP contribution in [0.5, 0.6) is 5.75 Å². The summed E-state index contributed by atoms with van der Waals surface area (Å²) in [5.74, 6) is -0.0884. The zero-order valence-electron chi connectivity index (χ0n) is 17.3. The van der Waals surface area contributed by atoms with Crippen LogP contribution in [0, 0.1) is 6.92 Å². The van der Waals surface area contributed by atoms with Gasteiger partial charge in [-0.05, 0) is 36.8 Å². The van der Waals surface area contributed by atoms with Crippen molar-refractivity contribution in [2.45, 2.75) is 30.3 Å². The molecule has 0 unspecified atom stereocenters. The molecular weight excluding hydrogens is 410 g/mol. The molecule has 8 nitrogen and oxygen atoms in total. The Labute approximate surface area is 176 Å². The average molecular weight is 435 g/mol. The summed E-state index contributed by atoms with van der Waals surface area (Å²) in [6.45, 7) is 1.79. The molecule has 2 aromatic carbocycles. The minimum absolute atomic E-state index is 0.0864. The maximum absolute atomic E-state index is 13.6. The Kier molecular flexibility index (Phi) is 6.77. The Hall–Kier alpha value is -2.46. The molecule has 3 atom stereocenters. The summed E-state index contributed by atoms with van der Waals surface area (Å²) >= 11 is 0. The molecule has 30 heavy (non-hydrogen) atoms. The number of methoxy groups -OCH3 is 3. The quantitative estimate of drug-likeness (QED) is 0.643. The van der Waals surface area contributed by atoms with Crippen LogP contribution < -0.4 is 4.74 Å². The lowest BCUT2D eigenvalue weighted by molar-refractivity contribution is -0.216. The molecule has 1 fully saturated rings. The van der Waals surface area contributed by atoms with Crippen molar-refractivity contribution < 1.29 is 32.2 Å². The second kappa shape index (κ2) is 9.13. The lowest BCUT2D eigenvalue weighted by Gasteiger charge is -2.42. The molecule has 0 aromatic heterocycles. The van der Waals surface area contributed by atoms with Gasteiger partial charge in [-0.3, -0.25) is 0 Å². The number of sulfonamides is 1. The van der Waals surface area contributed by atoms with Crippen LogP contribution in [-0.2, 0) is 29.0 Å². The van der Waals surface area contributed by atoms with E-state index in [4.69, 9.17) is 18.9 Å². The predicted octanol–water partition coefficient (Wildman–Crippen LogP) is 2.28. The van der Waals surface area contributed by atoms with Gasteiger partial charge in [0, 0.05) is 7.11 Å². The maximum Gasteiger partial charge on any atom is 0.337 e. The van der Waals surface area contributed by atoms with Crippen LogP contribution in [0.15, 0.2) is 53.4 Å². The fraction of sp³-hybridized carbons (Fsp3) is 0.381. The van der Waals surface area contributed by atoms with Crippen LogP contribution >= 0.6 is 0 Å². The van der Waals surface area contributed by atoms with Gasteiger partial charge in [0.2, 0.25) is 10.0 Å². The summed E-state index contributed by atoms with van der Waals surface area (Å²) in [5, 5.41) is 0. The molecule has 0 radical (unpaired) electrons. The summed E-state index contributed by atoms with van der Waals surface area (Å²) in [6, 6.07) is 12.4. The molecule has 0 amide bonds. The number of nitrogens with zero attached hydrogens (tertiary/aromatic N) is 1. The number of carbonyl (C=O) groups is 1. The van der Waals surface area contributed by atoms with Crippen molar-refractivity contribution in [3.63, 3.8) is 0 Å². The average Bonchev–Trinajstić information content (AvgIpc) is 2.78. The zero-order valence-corrected chi connectivity index (χ0v) is 18.1. The van der Waals surface area contributed by atoms with Gasteiger partial charge in [0.1, 0.15) is 5.75 Å². The lowest BCUT2D eigenvalue weighted by atomic mass is 9.99. The lowest BCUT2D eigenvalue weighted by Crippen LogP contribution is -2.55. The Morgan fingerprint density at radius 2 is 1.67 bits per heavy atom. The Bertz CT molecular complexity index is 973. The Balaban J connectivity index is 2.13. The second-order valence-electron chi connectivity index (χ2n) is 6.85. The number of benzene rings is 2. The van der Waals surface area contributed by atoms with Crippen LogP contribution in [0.2, 0.25) is 0 Å². The maximum atomic E-state index is 13.6. The molecule has 1 aliphatic heterocycles. The number of aryl methyl sites for hydroxylation is 1. The van der Waals surface area contributed by atoms with Crippen molar-refractivity contribution in [3.8, 4) is 5.75 Å². The molecule has 162 valence electrons. The number of ether oxygens (including phenoxy) is 4. The summed E-state index contributed by atoms with van der Waals surface area (Å²) in [5.41, 5.74) is 1.50. The first kappa shape index (κ1) is 22.2. The molecule has 0 bridgehead atoms. The normalized spacial score (nSPS) is 22.5. The first-order valence-electron chi connectivity index (χ1n) is 9.30. The summed E-state index contributed by atoms with van der Waals surface area (Å²) in [4.78, 5) is 12.7. The van der Waals surface area contributed by atoms with Gasteiger partial charge in [-0.1, -0.05) is 29.8 Å². The molecule has 2 aromatic rings. The van der Waals surface area contributed by atoms with E-state index in [-0.39, 0.29) is 11.4 Å². The third-order valence-corrected chi connectivity index (χ3v) is 6.87. The molecule has 1 aliphatic rings. The van der Waals surface area contributed by atoms with Gasteiger partial charge in [0.05, 0.1) is 31.7 Å². The number of hydrogen-bond acceptors (Lipinski definition) is 7. The highest BCUT2D eigenvalue weighted by Crippen LogP contribution is 2.37. The highest BCUT2D eigenvalue weighted by molar-refractivity contribution is 7.89. The van der Waals surface area contributed by atoms with Gasteiger partial charge >= 0.3 is 5.97 Å². The van der Waals surface area contributed by atoms with Crippen LogP contribution in [-0.4, -0.2) is 59.0 Å². The summed E-state index contributed by atoms with van der Waals surface area (Å²) < 4.78 is 49.5. The van der Waals surface area contributed by atoms with Gasteiger partial charge in [-0.25, -0.2) is 13.2 Å². The number of carbonyl (C=O) groups excluding carboxylic acids is 1. The van der Waals surface area contributed by atoms with E-state index in [1.165, 1.54) is 25.6 Å². The van der Waals surface area contributed by atoms with Gasteiger partial charge in [0.25, 0.3) is 0 Å². The number of rotatable bonds is 6. The van der Waals surface area contributed by atoms with E-state index >= 15 is 0 Å². The minimum atomic E-state index is -3.98. The van der Waals surface area contributed by atoms with Crippen LogP contribution in [0.3, 0.4) is 0 Å². The molecule has 3 rings (SSSR count). The zero-order chi connectivity index (χ0) is 21.9. The van der Waals surface area contributed by atoms with Gasteiger partial charge < -0.3 is 18.9 Å². The topological polar surface area (TPSA) is 91.4 Å². The molecular formula is C21H25NO7S. The standard InChI is InChI=1S/C21H25NO7S/c1-14-5-11-17(12-6-14)30(24,25)22-13-18(27-3)29-20(21(23)28-4)19(22)15-7-9-16(26-2)10-8-15/h5-12,18-20H,13H2,1-4H3/t18-,19-,20-/m1/s1. The second-order valence-corrected chi connectivity index (χ2v) is 8.74. The third kappa shape index (κ3) is 4.34. The van der Waals surface area contributed by atoms with Crippen LogP contribution in [0.1, 0.15) is 17.2 Å². The van der Waals surface area contributed by atoms with E-state index in [2.05, 4.69) is 0 Å². The smallest absolute Gasteiger partial charge is 0.337 e. The fourth-order valence-electron chi connectivity index (χ4n) is 3.36. The first-order valence-corrected chi connectivity index (χ1v) is 10.7. The van der Waals surface area contributed by atoms with E-state index in [0.717, 1.165) is 5.56 Å². The molecule has 1 saturated heterocycles. The molecule has 1 heterocycles. The highest BCUT2D eigenvalue weighted by atomic mass is 32.2. The largest absolute Gasteiger partial charge is 0.497 e.